The third kappa shape index (κ3) is 4.52. The minimum absolute atomic E-state index is 0.593. The molecule has 4 aromatic heterocycles. The molecular weight excluding hydrogens is 679 g/mol. The lowest BCUT2D eigenvalue weighted by Crippen LogP contribution is -2.10. The van der Waals surface area contributed by atoms with Gasteiger partial charge in [-0.15, -0.1) is 0 Å². The highest BCUT2D eigenvalue weighted by Gasteiger charge is 2.23. The van der Waals surface area contributed by atoms with Gasteiger partial charge in [-0.3, -0.25) is 0 Å². The highest BCUT2D eigenvalue weighted by atomic mass is 16.4. The van der Waals surface area contributed by atoms with Crippen LogP contribution in [0.3, 0.4) is 0 Å². The Labute approximate surface area is 313 Å². The van der Waals surface area contributed by atoms with Gasteiger partial charge in [0.1, 0.15) is 27.8 Å². The quantitative estimate of drug-likeness (QED) is 0.178. The topological polar surface area (TPSA) is 60.5 Å². The first-order valence-electron chi connectivity index (χ1n) is 18.4. The zero-order chi connectivity index (χ0) is 36.0. The molecule has 12 rings (SSSR count). The molecular formula is C49H29N3O3. The number of rotatable bonds is 5. The van der Waals surface area contributed by atoms with Gasteiger partial charge >= 0.3 is 0 Å². The molecule has 12 aromatic rings. The molecule has 0 aliphatic carbocycles. The molecule has 8 aromatic carbocycles. The van der Waals surface area contributed by atoms with Crippen molar-refractivity contribution >= 4 is 93.8 Å². The van der Waals surface area contributed by atoms with Crippen molar-refractivity contribution in [3.63, 3.8) is 0 Å². The van der Waals surface area contributed by atoms with E-state index in [0.717, 1.165) is 94.3 Å². The molecule has 0 saturated carbocycles. The first-order chi connectivity index (χ1) is 27.2. The Morgan fingerprint density at radius 2 is 1.11 bits per heavy atom. The third-order valence-corrected chi connectivity index (χ3v) is 10.8. The van der Waals surface area contributed by atoms with Crippen LogP contribution < -0.4 is 4.90 Å². The second kappa shape index (κ2) is 11.5. The van der Waals surface area contributed by atoms with Gasteiger partial charge in [-0.25, -0.2) is 4.98 Å². The van der Waals surface area contributed by atoms with Crippen molar-refractivity contribution in [1.29, 1.82) is 0 Å². The lowest BCUT2D eigenvalue weighted by molar-refractivity contribution is 0.620. The Balaban J connectivity index is 1.08. The predicted molar refractivity (Wildman–Crippen MR) is 223 cm³/mol. The monoisotopic (exact) mass is 707 g/mol. The second-order valence-electron chi connectivity index (χ2n) is 14.0. The lowest BCUT2D eigenvalue weighted by Gasteiger charge is -2.26. The molecule has 0 amide bonds. The summed E-state index contributed by atoms with van der Waals surface area (Å²) in [4.78, 5) is 7.12. The summed E-state index contributed by atoms with van der Waals surface area (Å²) in [5, 5.41) is 6.46. The van der Waals surface area contributed by atoms with Gasteiger partial charge in [0.2, 0.25) is 5.89 Å². The number of hydrogen-bond acceptors (Lipinski definition) is 5. The van der Waals surface area contributed by atoms with Crippen molar-refractivity contribution in [1.82, 2.24) is 9.55 Å². The maximum absolute atomic E-state index is 6.63. The van der Waals surface area contributed by atoms with Crippen LogP contribution in [0.15, 0.2) is 189 Å². The SMILES string of the molecule is c1ccc(-c2nc3cc4oc5cc(N(c6ccc7c(c6)c6ccccc6n7-c6ccccc6)c6cccc7oc8ccccc8c67)ccc5c4cc3o2)cc1. The van der Waals surface area contributed by atoms with Crippen molar-refractivity contribution in [2.45, 2.75) is 0 Å². The van der Waals surface area contributed by atoms with E-state index in [1.807, 2.05) is 60.7 Å². The molecule has 0 bridgehead atoms. The molecule has 258 valence electrons. The van der Waals surface area contributed by atoms with Crippen LogP contribution in [-0.4, -0.2) is 9.55 Å². The number of para-hydroxylation sites is 3. The first kappa shape index (κ1) is 29.9. The fourth-order valence-electron chi connectivity index (χ4n) is 8.35. The Morgan fingerprint density at radius 3 is 2.00 bits per heavy atom. The van der Waals surface area contributed by atoms with Crippen molar-refractivity contribution in [2.24, 2.45) is 0 Å². The van der Waals surface area contributed by atoms with Crippen LogP contribution in [-0.2, 0) is 0 Å². The fourth-order valence-corrected chi connectivity index (χ4v) is 8.35. The average Bonchev–Trinajstić information content (AvgIpc) is 4.01. The number of aromatic nitrogens is 2. The summed E-state index contributed by atoms with van der Waals surface area (Å²) < 4.78 is 21.6. The van der Waals surface area contributed by atoms with Gasteiger partial charge in [0, 0.05) is 61.7 Å². The average molecular weight is 708 g/mol. The zero-order valence-electron chi connectivity index (χ0n) is 29.3. The number of fused-ring (bicyclic) bond motifs is 10. The summed E-state index contributed by atoms with van der Waals surface area (Å²) in [5.41, 5.74) is 12.1. The molecule has 6 heteroatoms. The molecule has 0 unspecified atom stereocenters. The molecule has 0 N–H and O–H groups in total. The Hall–Kier alpha value is -7.57. The maximum Gasteiger partial charge on any atom is 0.227 e. The molecule has 0 spiro atoms. The third-order valence-electron chi connectivity index (χ3n) is 10.8. The molecule has 6 nitrogen and oxygen atoms in total. The van der Waals surface area contributed by atoms with E-state index in [-0.39, 0.29) is 0 Å². The van der Waals surface area contributed by atoms with Crippen molar-refractivity contribution in [3.8, 4) is 17.1 Å². The van der Waals surface area contributed by atoms with Gasteiger partial charge in [-0.05, 0) is 84.9 Å². The van der Waals surface area contributed by atoms with E-state index in [1.54, 1.807) is 0 Å². The number of hydrogen-bond donors (Lipinski definition) is 0. The van der Waals surface area contributed by atoms with Gasteiger partial charge in [0.15, 0.2) is 5.58 Å². The van der Waals surface area contributed by atoms with Crippen LogP contribution in [0.1, 0.15) is 0 Å². The van der Waals surface area contributed by atoms with Crippen LogP contribution in [0.2, 0.25) is 0 Å². The molecule has 4 heterocycles. The van der Waals surface area contributed by atoms with Gasteiger partial charge in [-0.2, -0.15) is 0 Å². The lowest BCUT2D eigenvalue weighted by atomic mass is 10.1. The molecule has 55 heavy (non-hydrogen) atoms. The number of oxazole rings is 1. The number of nitrogens with zero attached hydrogens (tertiary/aromatic N) is 3. The van der Waals surface area contributed by atoms with Crippen molar-refractivity contribution < 1.29 is 13.3 Å². The Kier molecular flexibility index (Phi) is 6.24. The summed E-state index contributed by atoms with van der Waals surface area (Å²) >= 11 is 0. The van der Waals surface area contributed by atoms with E-state index in [9.17, 15) is 0 Å². The molecule has 0 atom stereocenters. The standard InChI is InChI=1S/C49H29N3O3/c1-3-12-30(13-4-1)49-50-39-29-46-38(28-47(39)55-49)35-24-22-33(27-45(35)54-46)51(42-19-11-21-44-48(42)36-17-8-10-20-43(36)53-44)32-23-25-41-37(26-32)34-16-7-9-18-40(34)52(41)31-14-5-2-6-15-31/h1-29H. The van der Waals surface area contributed by atoms with Gasteiger partial charge in [0.05, 0.1) is 22.1 Å². The zero-order valence-corrected chi connectivity index (χ0v) is 29.3. The smallest absolute Gasteiger partial charge is 0.227 e. The molecule has 0 aliphatic heterocycles. The highest BCUT2D eigenvalue weighted by molar-refractivity contribution is 6.16. The minimum atomic E-state index is 0.593. The second-order valence-corrected chi connectivity index (χ2v) is 14.0. The van der Waals surface area contributed by atoms with Crippen molar-refractivity contribution in [3.05, 3.63) is 176 Å². The van der Waals surface area contributed by atoms with E-state index in [1.165, 1.54) is 10.8 Å². The first-order valence-corrected chi connectivity index (χ1v) is 18.4. The van der Waals surface area contributed by atoms with E-state index >= 15 is 0 Å². The van der Waals surface area contributed by atoms with Gasteiger partial charge < -0.3 is 22.7 Å². The van der Waals surface area contributed by atoms with Crippen LogP contribution in [0.5, 0.6) is 0 Å². The number of anilines is 3. The summed E-state index contributed by atoms with van der Waals surface area (Å²) in [6.07, 6.45) is 0. The van der Waals surface area contributed by atoms with Gasteiger partial charge in [0.25, 0.3) is 0 Å². The van der Waals surface area contributed by atoms with E-state index in [4.69, 9.17) is 18.2 Å². The molecule has 0 aliphatic rings. The van der Waals surface area contributed by atoms with E-state index in [2.05, 4.69) is 125 Å². The molecule has 0 radical (unpaired) electrons. The Morgan fingerprint density at radius 1 is 0.418 bits per heavy atom. The normalized spacial score (nSPS) is 12.0. The van der Waals surface area contributed by atoms with E-state index in [0.29, 0.717) is 5.89 Å². The number of furan rings is 2. The predicted octanol–water partition coefficient (Wildman–Crippen LogP) is 13.9. The van der Waals surface area contributed by atoms with Crippen LogP contribution in [0.25, 0.3) is 93.9 Å². The van der Waals surface area contributed by atoms with Crippen LogP contribution in [0.4, 0.5) is 17.1 Å². The fraction of sp³-hybridized carbons (Fsp3) is 0. The largest absolute Gasteiger partial charge is 0.456 e. The summed E-state index contributed by atoms with van der Waals surface area (Å²) in [6, 6.07) is 60.9. The van der Waals surface area contributed by atoms with Crippen LogP contribution >= 0.6 is 0 Å². The van der Waals surface area contributed by atoms with Crippen LogP contribution in [0, 0.1) is 0 Å². The Bertz CT molecular complexity index is 3440. The maximum atomic E-state index is 6.63. The van der Waals surface area contributed by atoms with Gasteiger partial charge in [-0.1, -0.05) is 78.9 Å². The summed E-state index contributed by atoms with van der Waals surface area (Å²) in [7, 11) is 0. The highest BCUT2D eigenvalue weighted by Crippen LogP contribution is 2.46. The number of benzene rings is 8. The van der Waals surface area contributed by atoms with Crippen molar-refractivity contribution in [2.75, 3.05) is 4.90 Å². The summed E-state index contributed by atoms with van der Waals surface area (Å²) in [6.45, 7) is 0. The summed E-state index contributed by atoms with van der Waals surface area (Å²) in [5.74, 6) is 0.593. The molecule has 0 saturated heterocycles. The van der Waals surface area contributed by atoms with E-state index < -0.39 is 0 Å². The molecule has 0 fully saturated rings. The minimum Gasteiger partial charge on any atom is -0.456 e.